The van der Waals surface area contributed by atoms with E-state index < -0.39 is 50.2 Å². The molecule has 3 heterocycles. The number of ether oxygens (including phenoxy) is 4. The highest BCUT2D eigenvalue weighted by atomic mass is 31.2. The number of carbonyl (C=O) groups excluding carboxylic acids is 1. The molecule has 1 amide bonds. The molecule has 4 aromatic carbocycles. The molecule has 14 nitrogen and oxygen atoms in total. The lowest BCUT2D eigenvalue weighted by Gasteiger charge is -2.41. The van der Waals surface area contributed by atoms with Crippen LogP contribution in [0.5, 0.6) is 11.5 Å². The second-order valence-electron chi connectivity index (χ2n) is 15.5. The molecule has 16 heteroatoms. The Balaban J connectivity index is 1.32. The summed E-state index contributed by atoms with van der Waals surface area (Å²) in [5, 5.41) is 13.1. The maximum absolute atomic E-state index is 17.7. The van der Waals surface area contributed by atoms with E-state index in [2.05, 4.69) is 26.3 Å². The Kier molecular flexibility index (Phi) is 14.1. The lowest BCUT2D eigenvalue weighted by molar-refractivity contribution is -0.0920. The Morgan fingerprint density at radius 1 is 0.905 bits per heavy atom. The van der Waals surface area contributed by atoms with Gasteiger partial charge in [-0.2, -0.15) is 5.26 Å². The van der Waals surface area contributed by atoms with Crippen molar-refractivity contribution in [2.75, 3.05) is 32.8 Å². The van der Waals surface area contributed by atoms with Gasteiger partial charge in [-0.05, 0) is 87.7 Å². The Morgan fingerprint density at radius 3 is 2.05 bits per heavy atom. The number of amides is 1. The standard InChI is InChI=1S/C47H51FN7O7P/c1-8-60-63(55(31(2)3)46(4,5)28-49)62-41-38(61-45(39(41)48)54-30-52-40-42(50-29-51-43(40)54)53-44(56)32-15-11-9-12-16-32)27-59-47(33-17-13-10-14-18-33,34-19-23-36(57-6)24-20-34)35-21-25-37(58-7)26-22-35/h9-26,29-31,38-39,41,45H,8,27H2,1-7H3,(H,50,51,53,56)/t38-,39-,41-,45-,63?/m1/s1. The molecule has 0 radical (unpaired) electrons. The van der Waals surface area contributed by atoms with Gasteiger partial charge < -0.3 is 33.3 Å². The maximum atomic E-state index is 17.7. The van der Waals surface area contributed by atoms with Crippen molar-refractivity contribution in [3.63, 3.8) is 0 Å². The summed E-state index contributed by atoms with van der Waals surface area (Å²) in [4.78, 5) is 26.5. The SMILES string of the molecule is CCOP(O[C@H]1[C@@H](F)[C@H](n2cnc3c(NC(=O)c4ccccc4)ncnc32)O[C@@H]1COC(c1ccccc1)(c1ccc(OC)cc1)c1ccc(OC)cc1)N(C(C)C)C(C)(C)C#N. The zero-order valence-corrected chi connectivity index (χ0v) is 37.1. The number of aromatic nitrogens is 4. The van der Waals surface area contributed by atoms with Crippen LogP contribution < -0.4 is 14.8 Å². The molecule has 1 unspecified atom stereocenters. The van der Waals surface area contributed by atoms with Crippen LogP contribution in [0.25, 0.3) is 11.2 Å². The Labute approximate surface area is 367 Å². The molecule has 0 aliphatic carbocycles. The third-order valence-corrected chi connectivity index (χ3v) is 13.0. The maximum Gasteiger partial charge on any atom is 0.260 e. The number of benzene rings is 4. The largest absolute Gasteiger partial charge is 0.497 e. The van der Waals surface area contributed by atoms with Gasteiger partial charge in [0.05, 0.1) is 39.8 Å². The lowest BCUT2D eigenvalue weighted by atomic mass is 9.80. The van der Waals surface area contributed by atoms with Crippen LogP contribution in [0.15, 0.2) is 122 Å². The number of anilines is 1. The average Bonchev–Trinajstić information content (AvgIpc) is 3.87. The molecular weight excluding hydrogens is 825 g/mol. The van der Waals surface area contributed by atoms with Gasteiger partial charge in [0, 0.05) is 11.6 Å². The van der Waals surface area contributed by atoms with E-state index in [9.17, 15) is 10.1 Å². The van der Waals surface area contributed by atoms with E-state index >= 15 is 4.39 Å². The van der Waals surface area contributed by atoms with Crippen molar-refractivity contribution in [1.82, 2.24) is 24.2 Å². The van der Waals surface area contributed by atoms with Gasteiger partial charge in [-0.15, -0.1) is 0 Å². The number of nitriles is 1. The van der Waals surface area contributed by atoms with E-state index in [0.29, 0.717) is 17.1 Å². The van der Waals surface area contributed by atoms with E-state index in [0.717, 1.165) is 16.7 Å². The van der Waals surface area contributed by atoms with Gasteiger partial charge in [-0.3, -0.25) is 9.36 Å². The number of alkyl halides is 1. The number of nitrogens with zero attached hydrogens (tertiary/aromatic N) is 6. The molecule has 1 N–H and O–H groups in total. The second-order valence-corrected chi connectivity index (χ2v) is 16.9. The normalized spacial score (nSPS) is 18.4. The van der Waals surface area contributed by atoms with Crippen molar-refractivity contribution in [2.24, 2.45) is 0 Å². The zero-order chi connectivity index (χ0) is 44.7. The number of nitrogens with one attached hydrogen (secondary N) is 1. The van der Waals surface area contributed by atoms with Crippen LogP contribution in [0.1, 0.15) is 67.9 Å². The summed E-state index contributed by atoms with van der Waals surface area (Å²) < 4.78 is 59.0. The number of fused-ring (bicyclic) bond motifs is 1. The summed E-state index contributed by atoms with van der Waals surface area (Å²) in [6.07, 6.45) is -2.85. The molecule has 1 aliphatic rings. The van der Waals surface area contributed by atoms with Crippen molar-refractivity contribution < 1.29 is 37.2 Å². The Morgan fingerprint density at radius 2 is 1.49 bits per heavy atom. The van der Waals surface area contributed by atoms with Crippen LogP contribution in [0.2, 0.25) is 0 Å². The molecule has 63 heavy (non-hydrogen) atoms. The van der Waals surface area contributed by atoms with Crippen LogP contribution in [0.4, 0.5) is 10.2 Å². The van der Waals surface area contributed by atoms with Crippen LogP contribution in [-0.4, -0.2) is 87.5 Å². The Bertz CT molecular complexity index is 2440. The number of methoxy groups -OCH3 is 2. The zero-order valence-electron chi connectivity index (χ0n) is 36.2. The molecule has 1 aliphatic heterocycles. The first-order valence-electron chi connectivity index (χ1n) is 20.6. The Hall–Kier alpha value is -5.85. The van der Waals surface area contributed by atoms with Crippen molar-refractivity contribution >= 4 is 31.4 Å². The summed E-state index contributed by atoms with van der Waals surface area (Å²) in [6.45, 7) is 9.28. The molecule has 6 aromatic rings. The number of hydrogen-bond acceptors (Lipinski definition) is 12. The molecule has 0 saturated carbocycles. The van der Waals surface area contributed by atoms with Crippen molar-refractivity contribution in [1.29, 1.82) is 5.26 Å². The van der Waals surface area contributed by atoms with Gasteiger partial charge in [-0.25, -0.2) is 24.0 Å². The molecule has 2 aromatic heterocycles. The summed E-state index contributed by atoms with van der Waals surface area (Å²) in [6, 6.07) is 35.8. The van der Waals surface area contributed by atoms with Crippen molar-refractivity contribution in [2.45, 2.75) is 76.4 Å². The van der Waals surface area contributed by atoms with Gasteiger partial charge >= 0.3 is 0 Å². The minimum atomic E-state index is -2.04. The third kappa shape index (κ3) is 9.29. The number of hydrogen-bond donors (Lipinski definition) is 1. The monoisotopic (exact) mass is 875 g/mol. The molecule has 5 atom stereocenters. The number of carbonyl (C=O) groups is 1. The first-order chi connectivity index (χ1) is 30.4. The van der Waals surface area contributed by atoms with Crippen molar-refractivity contribution in [3.8, 4) is 17.6 Å². The van der Waals surface area contributed by atoms with E-state index in [1.807, 2.05) is 110 Å². The van der Waals surface area contributed by atoms with Crippen LogP contribution >= 0.6 is 8.53 Å². The highest BCUT2D eigenvalue weighted by Crippen LogP contribution is 2.53. The van der Waals surface area contributed by atoms with E-state index in [4.69, 9.17) is 28.0 Å². The first-order valence-corrected chi connectivity index (χ1v) is 21.7. The van der Waals surface area contributed by atoms with Crippen LogP contribution in [0.3, 0.4) is 0 Å². The number of halogens is 1. The fourth-order valence-corrected chi connectivity index (χ4v) is 9.60. The van der Waals surface area contributed by atoms with Gasteiger partial charge in [0.2, 0.25) is 0 Å². The minimum Gasteiger partial charge on any atom is -0.497 e. The molecule has 7 rings (SSSR count). The van der Waals surface area contributed by atoms with Crippen LogP contribution in [0, 0.1) is 11.3 Å². The topological polar surface area (TPSA) is 155 Å². The van der Waals surface area contributed by atoms with Gasteiger partial charge in [-0.1, -0.05) is 72.8 Å². The number of imidazole rings is 1. The smallest absolute Gasteiger partial charge is 0.260 e. The predicted octanol–water partition coefficient (Wildman–Crippen LogP) is 9.00. The van der Waals surface area contributed by atoms with Crippen molar-refractivity contribution in [3.05, 3.63) is 144 Å². The van der Waals surface area contributed by atoms with E-state index in [1.54, 1.807) is 52.3 Å². The molecule has 1 saturated heterocycles. The van der Waals surface area contributed by atoms with Crippen LogP contribution in [-0.2, 0) is 24.1 Å². The third-order valence-electron chi connectivity index (χ3n) is 10.8. The molecule has 1 fully saturated rings. The quantitative estimate of drug-likeness (QED) is 0.0647. The fraction of sp³-hybridized carbons (Fsp3) is 0.340. The fourth-order valence-electron chi connectivity index (χ4n) is 7.81. The molecule has 0 spiro atoms. The molecule has 328 valence electrons. The molecular formula is C47H51FN7O7P. The second kappa shape index (κ2) is 19.7. The van der Waals surface area contributed by atoms with Gasteiger partial charge in [0.15, 0.2) is 29.4 Å². The first kappa shape index (κ1) is 45.2. The summed E-state index contributed by atoms with van der Waals surface area (Å²) in [7, 11) is 1.17. The van der Waals surface area contributed by atoms with E-state index in [1.165, 1.54) is 17.2 Å². The van der Waals surface area contributed by atoms with Gasteiger partial charge in [0.25, 0.3) is 14.4 Å². The predicted molar refractivity (Wildman–Crippen MR) is 237 cm³/mol. The average molecular weight is 876 g/mol. The lowest BCUT2D eigenvalue weighted by Crippen LogP contribution is -2.46. The molecule has 0 bridgehead atoms. The van der Waals surface area contributed by atoms with E-state index in [-0.39, 0.29) is 36.2 Å². The summed E-state index contributed by atoms with van der Waals surface area (Å²) >= 11 is 0. The van der Waals surface area contributed by atoms with Gasteiger partial charge in [0.1, 0.15) is 41.2 Å². The highest BCUT2D eigenvalue weighted by Gasteiger charge is 2.52. The summed E-state index contributed by atoms with van der Waals surface area (Å²) in [5.74, 6) is 1.06. The minimum absolute atomic E-state index is 0.145. The highest BCUT2D eigenvalue weighted by molar-refractivity contribution is 7.44. The summed E-state index contributed by atoms with van der Waals surface area (Å²) in [5.41, 5.74) is 0.891. The number of rotatable bonds is 18.